The zero-order valence-electron chi connectivity index (χ0n) is 20.5. The molecule has 2 heterocycles. The Hall–Kier alpha value is -4.46. The first kappa shape index (κ1) is 24.7. The van der Waals surface area contributed by atoms with E-state index in [2.05, 4.69) is 10.3 Å². The van der Waals surface area contributed by atoms with Crippen LogP contribution in [0.15, 0.2) is 72.6 Å². The van der Waals surface area contributed by atoms with Gasteiger partial charge in [0, 0.05) is 36.3 Å². The normalized spacial score (nSPS) is 16.9. The third-order valence-electron chi connectivity index (χ3n) is 6.01. The van der Waals surface area contributed by atoms with E-state index in [9.17, 15) is 19.5 Å². The number of pyridine rings is 1. The number of ketones is 1. The van der Waals surface area contributed by atoms with Crippen LogP contribution >= 0.6 is 0 Å². The maximum atomic E-state index is 13.4. The first-order valence-electron chi connectivity index (χ1n) is 11.5. The molecule has 4 rings (SSSR count). The van der Waals surface area contributed by atoms with E-state index in [0.29, 0.717) is 28.3 Å². The standard InChI is InChI=1S/C28H27N3O5/c1-16(2)22-13-18(10-11-23(22)36-4)26(33)24-25(19-7-6-12-29-15-19)31(28(35)27(24)34)21-9-5-8-20(14-21)30-17(3)32/h5-16,25,33H,1-4H3,(H,30,32)/b26-24-. The largest absolute Gasteiger partial charge is 0.507 e. The molecule has 1 fully saturated rings. The average molecular weight is 486 g/mol. The van der Waals surface area contributed by atoms with Gasteiger partial charge in [0.25, 0.3) is 11.7 Å². The van der Waals surface area contributed by atoms with Crippen molar-refractivity contribution in [3.8, 4) is 5.75 Å². The number of rotatable bonds is 6. The first-order chi connectivity index (χ1) is 17.2. The summed E-state index contributed by atoms with van der Waals surface area (Å²) in [5.74, 6) is -1.39. The van der Waals surface area contributed by atoms with Gasteiger partial charge in [0.15, 0.2) is 0 Å². The number of carbonyl (C=O) groups excluding carboxylic acids is 3. The van der Waals surface area contributed by atoms with Gasteiger partial charge in [-0.2, -0.15) is 0 Å². The second-order valence-corrected chi connectivity index (χ2v) is 8.80. The summed E-state index contributed by atoms with van der Waals surface area (Å²) in [5, 5.41) is 14.1. The van der Waals surface area contributed by atoms with Crippen molar-refractivity contribution in [2.75, 3.05) is 17.3 Å². The Morgan fingerprint density at radius 2 is 1.89 bits per heavy atom. The number of methoxy groups -OCH3 is 1. The fraction of sp³-hybridized carbons (Fsp3) is 0.214. The molecule has 8 heteroatoms. The summed E-state index contributed by atoms with van der Waals surface area (Å²) in [4.78, 5) is 43.8. The summed E-state index contributed by atoms with van der Waals surface area (Å²) in [6, 6.07) is 14.3. The van der Waals surface area contributed by atoms with E-state index in [1.54, 1.807) is 74.1 Å². The molecule has 8 nitrogen and oxygen atoms in total. The van der Waals surface area contributed by atoms with Crippen molar-refractivity contribution in [1.29, 1.82) is 0 Å². The van der Waals surface area contributed by atoms with E-state index >= 15 is 0 Å². The Morgan fingerprint density at radius 1 is 1.11 bits per heavy atom. The molecule has 0 bridgehead atoms. The average Bonchev–Trinajstić information content (AvgIpc) is 3.13. The second kappa shape index (κ2) is 10.0. The molecule has 2 amide bonds. The highest BCUT2D eigenvalue weighted by molar-refractivity contribution is 6.51. The molecule has 2 N–H and O–H groups in total. The highest BCUT2D eigenvalue weighted by Gasteiger charge is 2.47. The Kier molecular flexibility index (Phi) is 6.87. The van der Waals surface area contributed by atoms with Gasteiger partial charge in [-0.15, -0.1) is 0 Å². The number of aliphatic hydroxyl groups excluding tert-OH is 1. The van der Waals surface area contributed by atoms with Gasteiger partial charge < -0.3 is 15.2 Å². The smallest absolute Gasteiger partial charge is 0.300 e. The minimum Gasteiger partial charge on any atom is -0.507 e. The molecule has 2 aromatic carbocycles. The van der Waals surface area contributed by atoms with Crippen molar-refractivity contribution in [2.24, 2.45) is 0 Å². The molecule has 1 aliphatic rings. The number of aliphatic hydroxyl groups is 1. The van der Waals surface area contributed by atoms with Gasteiger partial charge in [0.2, 0.25) is 5.91 Å². The summed E-state index contributed by atoms with van der Waals surface area (Å²) in [6.07, 6.45) is 3.15. The number of nitrogens with one attached hydrogen (secondary N) is 1. The molecule has 3 aromatic rings. The van der Waals surface area contributed by atoms with E-state index in [0.717, 1.165) is 5.56 Å². The number of hydrogen-bond donors (Lipinski definition) is 2. The molecule has 184 valence electrons. The second-order valence-electron chi connectivity index (χ2n) is 8.80. The van der Waals surface area contributed by atoms with Gasteiger partial charge in [-0.1, -0.05) is 26.0 Å². The number of aromatic nitrogens is 1. The van der Waals surface area contributed by atoms with Gasteiger partial charge in [0.1, 0.15) is 11.5 Å². The van der Waals surface area contributed by atoms with Crippen molar-refractivity contribution in [3.05, 3.63) is 89.3 Å². The number of hydrogen-bond acceptors (Lipinski definition) is 6. The van der Waals surface area contributed by atoms with Gasteiger partial charge in [-0.05, 0) is 59.5 Å². The number of nitrogens with zero attached hydrogens (tertiary/aromatic N) is 2. The number of carbonyl (C=O) groups is 3. The summed E-state index contributed by atoms with van der Waals surface area (Å²) in [6.45, 7) is 5.38. The third-order valence-corrected chi connectivity index (χ3v) is 6.01. The first-order valence-corrected chi connectivity index (χ1v) is 11.5. The molecule has 36 heavy (non-hydrogen) atoms. The van der Waals surface area contributed by atoms with Crippen molar-refractivity contribution in [1.82, 2.24) is 4.98 Å². The van der Waals surface area contributed by atoms with Crippen LogP contribution in [0, 0.1) is 0 Å². The molecule has 1 aliphatic heterocycles. The topological polar surface area (TPSA) is 109 Å². The van der Waals surface area contributed by atoms with Gasteiger partial charge in [0.05, 0.1) is 18.7 Å². The number of anilines is 2. The van der Waals surface area contributed by atoms with Gasteiger partial charge in [-0.3, -0.25) is 24.3 Å². The molecule has 1 atom stereocenters. The monoisotopic (exact) mass is 485 g/mol. The predicted octanol–water partition coefficient (Wildman–Crippen LogP) is 4.80. The third kappa shape index (κ3) is 4.57. The van der Waals surface area contributed by atoms with Crippen LogP contribution in [0.1, 0.15) is 49.4 Å². The molecule has 0 aliphatic carbocycles. The molecule has 1 unspecified atom stereocenters. The van der Waals surface area contributed by atoms with Crippen LogP contribution in [-0.4, -0.2) is 34.8 Å². The van der Waals surface area contributed by atoms with E-state index in [4.69, 9.17) is 4.74 Å². The lowest BCUT2D eigenvalue weighted by Gasteiger charge is -2.25. The predicted molar refractivity (Wildman–Crippen MR) is 137 cm³/mol. The number of amides is 2. The van der Waals surface area contributed by atoms with Gasteiger partial charge in [-0.25, -0.2) is 0 Å². The van der Waals surface area contributed by atoms with E-state index < -0.39 is 17.7 Å². The number of Topliss-reactive ketones (excluding diaryl/α,β-unsaturated/α-hetero) is 1. The highest BCUT2D eigenvalue weighted by atomic mass is 16.5. The Labute approximate surface area is 209 Å². The van der Waals surface area contributed by atoms with Crippen LogP contribution in [0.5, 0.6) is 5.75 Å². The summed E-state index contributed by atoms with van der Waals surface area (Å²) in [7, 11) is 1.57. The summed E-state index contributed by atoms with van der Waals surface area (Å²) in [5.41, 5.74) is 2.64. The number of ether oxygens (including phenoxy) is 1. The Balaban J connectivity index is 1.91. The highest BCUT2D eigenvalue weighted by Crippen LogP contribution is 2.43. The van der Waals surface area contributed by atoms with E-state index in [1.807, 2.05) is 13.8 Å². The zero-order chi connectivity index (χ0) is 26.0. The maximum Gasteiger partial charge on any atom is 0.300 e. The Bertz CT molecular complexity index is 1360. The summed E-state index contributed by atoms with van der Waals surface area (Å²) >= 11 is 0. The fourth-order valence-electron chi connectivity index (χ4n) is 4.38. The van der Waals surface area contributed by atoms with Crippen LogP contribution in [-0.2, 0) is 14.4 Å². The minimum absolute atomic E-state index is 0.0437. The number of benzene rings is 2. The zero-order valence-corrected chi connectivity index (χ0v) is 20.5. The van der Waals surface area contributed by atoms with Crippen LogP contribution in [0.2, 0.25) is 0 Å². The molecule has 0 saturated carbocycles. The Morgan fingerprint density at radius 3 is 2.53 bits per heavy atom. The maximum absolute atomic E-state index is 13.4. The molecule has 0 spiro atoms. The lowest BCUT2D eigenvalue weighted by atomic mass is 9.93. The van der Waals surface area contributed by atoms with Crippen molar-refractivity contribution in [2.45, 2.75) is 32.7 Å². The van der Waals surface area contributed by atoms with E-state index in [-0.39, 0.29) is 23.2 Å². The van der Waals surface area contributed by atoms with Crippen molar-refractivity contribution >= 4 is 34.7 Å². The lowest BCUT2D eigenvalue weighted by molar-refractivity contribution is -0.132. The minimum atomic E-state index is -0.920. The lowest BCUT2D eigenvalue weighted by Crippen LogP contribution is -2.29. The van der Waals surface area contributed by atoms with Crippen molar-refractivity contribution < 1.29 is 24.2 Å². The van der Waals surface area contributed by atoms with Crippen molar-refractivity contribution in [3.63, 3.8) is 0 Å². The molecule has 0 radical (unpaired) electrons. The molecular formula is C28H27N3O5. The summed E-state index contributed by atoms with van der Waals surface area (Å²) < 4.78 is 5.44. The van der Waals surface area contributed by atoms with E-state index in [1.165, 1.54) is 11.8 Å². The quantitative estimate of drug-likeness (QED) is 0.295. The van der Waals surface area contributed by atoms with Crippen LogP contribution < -0.4 is 15.0 Å². The van der Waals surface area contributed by atoms with Gasteiger partial charge >= 0.3 is 0 Å². The molecule has 1 saturated heterocycles. The SMILES string of the molecule is COc1ccc(/C(O)=C2/C(=O)C(=O)N(c3cccc(NC(C)=O)c3)C2c2cccnc2)cc1C(C)C. The van der Waals surface area contributed by atoms with Crippen LogP contribution in [0.3, 0.4) is 0 Å². The van der Waals surface area contributed by atoms with Crippen LogP contribution in [0.4, 0.5) is 11.4 Å². The molecular weight excluding hydrogens is 458 g/mol. The molecule has 1 aromatic heterocycles. The fourth-order valence-corrected chi connectivity index (χ4v) is 4.38. The van der Waals surface area contributed by atoms with Crippen LogP contribution in [0.25, 0.3) is 5.76 Å².